The van der Waals surface area contributed by atoms with E-state index in [2.05, 4.69) is 48.5 Å². The number of thioether (sulfide) groups is 1. The van der Waals surface area contributed by atoms with Crippen molar-refractivity contribution in [3.8, 4) is 33.7 Å². The van der Waals surface area contributed by atoms with Gasteiger partial charge in [-0.3, -0.25) is 0 Å². The molecule has 0 aliphatic carbocycles. The maximum atomic E-state index is 9.58. The van der Waals surface area contributed by atoms with Gasteiger partial charge in [-0.05, 0) is 27.8 Å². The first-order valence-electron chi connectivity index (χ1n) is 15.8. The van der Waals surface area contributed by atoms with Crippen molar-refractivity contribution < 1.29 is 19.0 Å². The smallest absolute Gasteiger partial charge is 0.256 e. The molecule has 3 N–H and O–H groups in total. The molecule has 6 nitrogen and oxygen atoms in total. The largest absolute Gasteiger partial charge is 0.431 e. The Balaban J connectivity index is 1.14. The second-order valence-electron chi connectivity index (χ2n) is 11.5. The lowest BCUT2D eigenvalue weighted by atomic mass is 9.98. The van der Waals surface area contributed by atoms with Crippen LogP contribution in [0.25, 0.3) is 33.7 Å². The number of hydrogen-bond acceptors (Lipinski definition) is 7. The highest BCUT2D eigenvalue weighted by molar-refractivity contribution is 7.99. The van der Waals surface area contributed by atoms with Crippen LogP contribution in [-0.2, 0) is 22.6 Å². The van der Waals surface area contributed by atoms with Crippen molar-refractivity contribution in [1.82, 2.24) is 4.98 Å². The number of oxazole rings is 1. The lowest BCUT2D eigenvalue weighted by Crippen LogP contribution is -2.31. The number of aromatic nitrogens is 1. The van der Waals surface area contributed by atoms with Crippen LogP contribution in [0, 0.1) is 0 Å². The van der Waals surface area contributed by atoms with Crippen LogP contribution in [0.1, 0.15) is 41.1 Å². The fourth-order valence-electron chi connectivity index (χ4n) is 5.93. The van der Waals surface area contributed by atoms with Crippen LogP contribution >= 0.6 is 11.8 Å². The standard InChI is InChI=1S/C40H36N2O4S/c41-24-33-13-7-8-14-35(33)28-19-21-32(22-20-28)39-44-34(23-36(45-39)29-17-15-27(25-43)16-18-29)26-47-40-42-37(30-9-3-1-4-10-30)38(46-40)31-11-5-2-6-12-31/h1-22,34,36,39,43H,23-26,41H2/t34-,36+,39+/m0/s1. The molecule has 3 atom stereocenters. The average Bonchev–Trinajstić information content (AvgIpc) is 3.59. The number of nitrogens with two attached hydrogens (primary N) is 1. The van der Waals surface area contributed by atoms with E-state index in [0.717, 1.165) is 56.0 Å². The van der Waals surface area contributed by atoms with Crippen molar-refractivity contribution in [3.05, 3.63) is 156 Å². The van der Waals surface area contributed by atoms with E-state index in [1.165, 1.54) is 0 Å². The molecular weight excluding hydrogens is 605 g/mol. The molecule has 0 saturated carbocycles. The van der Waals surface area contributed by atoms with Crippen molar-refractivity contribution in [3.63, 3.8) is 0 Å². The highest BCUT2D eigenvalue weighted by atomic mass is 32.2. The molecule has 7 rings (SSSR count). The molecule has 0 unspecified atom stereocenters. The molecule has 6 aromatic rings. The molecule has 236 valence electrons. The molecule has 5 aromatic carbocycles. The van der Waals surface area contributed by atoms with E-state index >= 15 is 0 Å². The van der Waals surface area contributed by atoms with Crippen LogP contribution in [0.2, 0.25) is 0 Å². The van der Waals surface area contributed by atoms with Crippen LogP contribution < -0.4 is 5.73 Å². The molecule has 0 bridgehead atoms. The quantitative estimate of drug-likeness (QED) is 0.145. The number of ether oxygens (including phenoxy) is 2. The van der Waals surface area contributed by atoms with Gasteiger partial charge in [0, 0.05) is 35.4 Å². The summed E-state index contributed by atoms with van der Waals surface area (Å²) in [6.45, 7) is 0.482. The molecule has 1 saturated heterocycles. The van der Waals surface area contributed by atoms with Crippen molar-refractivity contribution in [2.45, 2.75) is 43.3 Å². The third-order valence-electron chi connectivity index (χ3n) is 8.43. The van der Waals surface area contributed by atoms with Crippen LogP contribution in [0.4, 0.5) is 0 Å². The van der Waals surface area contributed by atoms with Gasteiger partial charge in [0.1, 0.15) is 5.69 Å². The van der Waals surface area contributed by atoms with Gasteiger partial charge < -0.3 is 24.7 Å². The van der Waals surface area contributed by atoms with Gasteiger partial charge in [0.25, 0.3) is 5.22 Å². The summed E-state index contributed by atoms with van der Waals surface area (Å²) in [5, 5.41) is 10.2. The highest BCUT2D eigenvalue weighted by Crippen LogP contribution is 2.41. The van der Waals surface area contributed by atoms with Crippen molar-refractivity contribution in [1.29, 1.82) is 0 Å². The monoisotopic (exact) mass is 640 g/mol. The van der Waals surface area contributed by atoms with E-state index < -0.39 is 6.29 Å². The normalized spacial score (nSPS) is 17.9. The Morgan fingerprint density at radius 3 is 2.06 bits per heavy atom. The van der Waals surface area contributed by atoms with Gasteiger partial charge in [0.15, 0.2) is 12.1 Å². The minimum Gasteiger partial charge on any atom is -0.431 e. The second kappa shape index (κ2) is 14.5. The fourth-order valence-corrected chi connectivity index (χ4v) is 6.77. The fraction of sp³-hybridized carbons (Fsp3) is 0.175. The second-order valence-corrected chi connectivity index (χ2v) is 12.5. The molecule has 7 heteroatoms. The number of aliphatic hydroxyl groups excluding tert-OH is 1. The van der Waals surface area contributed by atoms with Crippen molar-refractivity contribution in [2.75, 3.05) is 5.75 Å². The van der Waals surface area contributed by atoms with Gasteiger partial charge in [-0.2, -0.15) is 0 Å². The Morgan fingerprint density at radius 1 is 0.702 bits per heavy atom. The zero-order chi connectivity index (χ0) is 32.0. The van der Waals surface area contributed by atoms with E-state index in [1.54, 1.807) is 11.8 Å². The maximum absolute atomic E-state index is 9.58. The van der Waals surface area contributed by atoms with Gasteiger partial charge in [0.2, 0.25) is 0 Å². The Kier molecular flexibility index (Phi) is 9.60. The van der Waals surface area contributed by atoms with Gasteiger partial charge in [0.05, 0.1) is 18.8 Å². The predicted molar refractivity (Wildman–Crippen MR) is 186 cm³/mol. The molecule has 0 radical (unpaired) electrons. The van der Waals surface area contributed by atoms with Gasteiger partial charge in [-0.15, -0.1) is 0 Å². The van der Waals surface area contributed by atoms with E-state index in [9.17, 15) is 5.11 Å². The highest BCUT2D eigenvalue weighted by Gasteiger charge is 2.33. The lowest BCUT2D eigenvalue weighted by Gasteiger charge is -2.36. The van der Waals surface area contributed by atoms with Crippen molar-refractivity contribution in [2.24, 2.45) is 5.73 Å². The summed E-state index contributed by atoms with van der Waals surface area (Å²) in [4.78, 5) is 4.94. The molecule has 1 aliphatic heterocycles. The molecule has 47 heavy (non-hydrogen) atoms. The van der Waals surface area contributed by atoms with E-state index in [1.807, 2.05) is 84.9 Å². The number of rotatable bonds is 10. The minimum absolute atomic E-state index is 0.00250. The third kappa shape index (κ3) is 7.10. The molecule has 1 aliphatic rings. The topological polar surface area (TPSA) is 90.7 Å². The Labute approximate surface area is 279 Å². The van der Waals surface area contributed by atoms with E-state index in [-0.39, 0.29) is 18.8 Å². The third-order valence-corrected chi connectivity index (χ3v) is 9.39. The maximum Gasteiger partial charge on any atom is 0.256 e. The SMILES string of the molecule is NCc1ccccc1-c1ccc([C@@H]2O[C@H](CSc3nc(-c4ccccc4)c(-c4ccccc4)o3)C[C@H](c3ccc(CO)cc3)O2)cc1. The number of benzene rings is 5. The summed E-state index contributed by atoms with van der Waals surface area (Å²) in [7, 11) is 0. The molecule has 2 heterocycles. The van der Waals surface area contributed by atoms with Crippen LogP contribution in [0.15, 0.2) is 143 Å². The first kappa shape index (κ1) is 31.1. The Bertz CT molecular complexity index is 1840. The summed E-state index contributed by atoms with van der Waals surface area (Å²) in [6.07, 6.45) is -0.206. The average molecular weight is 641 g/mol. The summed E-state index contributed by atoms with van der Waals surface area (Å²) in [5.74, 6) is 1.39. The minimum atomic E-state index is -0.556. The summed E-state index contributed by atoms with van der Waals surface area (Å²) < 4.78 is 19.6. The van der Waals surface area contributed by atoms with E-state index in [4.69, 9.17) is 24.6 Å². The predicted octanol–water partition coefficient (Wildman–Crippen LogP) is 8.96. The molecule has 1 fully saturated rings. The van der Waals surface area contributed by atoms with Crippen LogP contribution in [0.3, 0.4) is 0 Å². The number of hydrogen-bond donors (Lipinski definition) is 2. The summed E-state index contributed by atoms with van der Waals surface area (Å²) in [6, 6.07) is 44.7. The first-order chi connectivity index (χ1) is 23.2. The number of nitrogens with zero attached hydrogens (tertiary/aromatic N) is 1. The Hall–Kier alpha value is -4.50. The summed E-state index contributed by atoms with van der Waals surface area (Å²) in [5.41, 5.74) is 15.0. The summed E-state index contributed by atoms with van der Waals surface area (Å²) >= 11 is 1.55. The van der Waals surface area contributed by atoms with Gasteiger partial charge in [-0.1, -0.05) is 145 Å². The molecule has 1 aromatic heterocycles. The lowest BCUT2D eigenvalue weighted by molar-refractivity contribution is -0.245. The zero-order valence-corrected chi connectivity index (χ0v) is 26.7. The van der Waals surface area contributed by atoms with Gasteiger partial charge in [-0.25, -0.2) is 4.98 Å². The first-order valence-corrected chi connectivity index (χ1v) is 16.8. The number of aliphatic hydroxyl groups is 1. The van der Waals surface area contributed by atoms with Crippen LogP contribution in [-0.4, -0.2) is 21.9 Å². The van der Waals surface area contributed by atoms with Crippen molar-refractivity contribution >= 4 is 11.8 Å². The van der Waals surface area contributed by atoms with Crippen LogP contribution in [0.5, 0.6) is 0 Å². The molecule has 0 amide bonds. The van der Waals surface area contributed by atoms with E-state index in [0.29, 0.717) is 23.9 Å². The zero-order valence-electron chi connectivity index (χ0n) is 25.9. The molecular formula is C40H36N2O4S. The van der Waals surface area contributed by atoms with Gasteiger partial charge >= 0.3 is 0 Å². The Morgan fingerprint density at radius 2 is 1.36 bits per heavy atom. The molecule has 0 spiro atoms.